The van der Waals surface area contributed by atoms with Crippen molar-refractivity contribution in [1.29, 1.82) is 0 Å². The fourth-order valence-electron chi connectivity index (χ4n) is 6.92. The summed E-state index contributed by atoms with van der Waals surface area (Å²) in [6.07, 6.45) is 10.1. The highest BCUT2D eigenvalue weighted by atomic mass is 79.9. The second kappa shape index (κ2) is 14.2. The van der Waals surface area contributed by atoms with Gasteiger partial charge in [-0.15, -0.1) is 6.42 Å². The number of aromatic nitrogens is 5. The van der Waals surface area contributed by atoms with E-state index in [2.05, 4.69) is 64.1 Å². The Morgan fingerprint density at radius 2 is 1.73 bits per heavy atom. The number of likely N-dealkylation sites (tertiary alicyclic amines) is 1. The molecule has 254 valence electrons. The minimum atomic E-state index is -0.825. The van der Waals surface area contributed by atoms with Crippen molar-refractivity contribution < 1.29 is 14.4 Å². The number of rotatable bonds is 8. The summed E-state index contributed by atoms with van der Waals surface area (Å²) in [5.41, 5.74) is 4.18. The van der Waals surface area contributed by atoms with Crippen LogP contribution in [0.4, 0.5) is 5.82 Å². The molecule has 2 aliphatic heterocycles. The second-order valence-electron chi connectivity index (χ2n) is 13.1. The number of carbonyl (C=O) groups is 3. The molecule has 3 atom stereocenters. The van der Waals surface area contributed by atoms with Gasteiger partial charge in [-0.25, -0.2) is 15.0 Å². The SMILES string of the molecule is C#C[C@@H]1[C@@H](CN2CCN(C)CC2)C[C@@H](C(=O)Nc2nc(Br)ccc2C)N1C(=O)Cn1nc(C(C)=O)c2cc(-c3cnc(C)nc3)cc(C)c21. The molecule has 5 heterocycles. The molecular weight excluding hydrogens is 686 g/mol. The first-order chi connectivity index (χ1) is 23.4. The molecule has 0 saturated carbocycles. The zero-order chi connectivity index (χ0) is 35.0. The van der Waals surface area contributed by atoms with Gasteiger partial charge in [0, 0.05) is 68.9 Å². The van der Waals surface area contributed by atoms with E-state index in [4.69, 9.17) is 6.42 Å². The van der Waals surface area contributed by atoms with E-state index < -0.39 is 12.1 Å². The number of Topliss-reactive ketones (excluding diaryl/α,β-unsaturated/α-hetero) is 1. The number of carbonyl (C=O) groups excluding carboxylic acids is 3. The van der Waals surface area contributed by atoms with Crippen LogP contribution < -0.4 is 5.32 Å². The topological polar surface area (TPSA) is 129 Å². The van der Waals surface area contributed by atoms with Crippen LogP contribution in [0.15, 0.2) is 41.3 Å². The van der Waals surface area contributed by atoms with E-state index >= 15 is 0 Å². The average Bonchev–Trinajstić information content (AvgIpc) is 3.63. The number of hydrogen-bond acceptors (Lipinski definition) is 9. The van der Waals surface area contributed by atoms with Gasteiger partial charge in [0.05, 0.1) is 11.6 Å². The van der Waals surface area contributed by atoms with Gasteiger partial charge < -0.3 is 20.0 Å². The second-order valence-corrected chi connectivity index (χ2v) is 13.9. The van der Waals surface area contributed by atoms with Gasteiger partial charge in [-0.2, -0.15) is 5.10 Å². The maximum absolute atomic E-state index is 14.5. The van der Waals surface area contributed by atoms with E-state index in [1.54, 1.807) is 28.0 Å². The van der Waals surface area contributed by atoms with Gasteiger partial charge in [0.25, 0.3) is 0 Å². The lowest BCUT2D eigenvalue weighted by Crippen LogP contribution is -2.50. The molecule has 3 aromatic heterocycles. The number of aryl methyl sites for hydroxylation is 3. The number of piperazine rings is 1. The summed E-state index contributed by atoms with van der Waals surface area (Å²) in [6, 6.07) is 6.09. The number of amides is 2. The fourth-order valence-corrected chi connectivity index (χ4v) is 7.23. The Balaban J connectivity index is 1.34. The van der Waals surface area contributed by atoms with Crippen molar-refractivity contribution in [1.82, 2.24) is 39.4 Å². The standard InChI is InChI=1S/C36H40BrN9O3/c1-7-29-26(19-44-12-10-43(6)11-13-44)16-30(36(49)41-35-21(2)8-9-31(37)40-35)46(29)32(48)20-45-34-22(3)14-25(27-17-38-24(5)39-18-27)15-28(34)33(42-45)23(4)47/h1,8-9,14-15,17-18,26,29-30H,10-13,16,19-20H2,2-6H3,(H,40,41,49)/t26-,29-,30+/m1/s1. The summed E-state index contributed by atoms with van der Waals surface area (Å²) in [7, 11) is 2.10. The number of nitrogens with zero attached hydrogens (tertiary/aromatic N) is 8. The van der Waals surface area contributed by atoms with Crippen molar-refractivity contribution in [3.8, 4) is 23.5 Å². The first kappa shape index (κ1) is 34.4. The third-order valence-electron chi connectivity index (χ3n) is 9.53. The lowest BCUT2D eigenvalue weighted by molar-refractivity contribution is -0.138. The highest BCUT2D eigenvalue weighted by molar-refractivity contribution is 9.10. The Labute approximate surface area is 294 Å². The van der Waals surface area contributed by atoms with Crippen molar-refractivity contribution >= 4 is 50.2 Å². The lowest BCUT2D eigenvalue weighted by atomic mass is 9.98. The summed E-state index contributed by atoms with van der Waals surface area (Å²) in [5.74, 6) is 2.90. The van der Waals surface area contributed by atoms with Crippen molar-refractivity contribution in [3.63, 3.8) is 0 Å². The van der Waals surface area contributed by atoms with Gasteiger partial charge >= 0.3 is 0 Å². The van der Waals surface area contributed by atoms with Crippen LogP contribution in [0.2, 0.25) is 0 Å². The van der Waals surface area contributed by atoms with Crippen LogP contribution in [0.5, 0.6) is 0 Å². The normalized spacial score (nSPS) is 20.0. The maximum atomic E-state index is 14.5. The van der Waals surface area contributed by atoms with Crippen molar-refractivity contribution in [2.24, 2.45) is 5.92 Å². The summed E-state index contributed by atoms with van der Waals surface area (Å²) in [5, 5.41) is 8.24. The van der Waals surface area contributed by atoms with Crippen LogP contribution in [0.3, 0.4) is 0 Å². The number of ketones is 1. The van der Waals surface area contributed by atoms with Crippen LogP contribution >= 0.6 is 15.9 Å². The van der Waals surface area contributed by atoms with Crippen LogP contribution in [0, 0.1) is 39.0 Å². The summed E-state index contributed by atoms with van der Waals surface area (Å²) in [6.45, 7) is 11.2. The Bertz CT molecular complexity index is 1960. The zero-order valence-corrected chi connectivity index (χ0v) is 30.0. The number of pyridine rings is 1. The average molecular weight is 727 g/mol. The quantitative estimate of drug-likeness (QED) is 0.164. The van der Waals surface area contributed by atoms with Gasteiger partial charge in [-0.05, 0) is 85.1 Å². The Kier molecular flexibility index (Phi) is 9.92. The molecule has 2 fully saturated rings. The van der Waals surface area contributed by atoms with Gasteiger partial charge in [-0.1, -0.05) is 12.0 Å². The van der Waals surface area contributed by atoms with Crippen LogP contribution in [0.25, 0.3) is 22.0 Å². The predicted molar refractivity (Wildman–Crippen MR) is 191 cm³/mol. The summed E-state index contributed by atoms with van der Waals surface area (Å²) in [4.78, 5) is 60.6. The minimum absolute atomic E-state index is 0.118. The van der Waals surface area contributed by atoms with E-state index in [9.17, 15) is 14.4 Å². The monoisotopic (exact) mass is 725 g/mol. The first-order valence-electron chi connectivity index (χ1n) is 16.4. The molecular formula is C36H40BrN9O3. The number of halogens is 1. The molecule has 0 bridgehead atoms. The summed E-state index contributed by atoms with van der Waals surface area (Å²) >= 11 is 3.39. The molecule has 13 heteroatoms. The number of likely N-dealkylation sites (N-methyl/N-ethyl adjacent to an activating group) is 1. The molecule has 2 aliphatic rings. The number of anilines is 1. The highest BCUT2D eigenvalue weighted by Gasteiger charge is 2.47. The highest BCUT2D eigenvalue weighted by Crippen LogP contribution is 2.34. The number of terminal acetylenes is 1. The van der Waals surface area contributed by atoms with Gasteiger partial charge in [-0.3, -0.25) is 19.1 Å². The third-order valence-corrected chi connectivity index (χ3v) is 9.97. The molecule has 4 aromatic rings. The van der Waals surface area contributed by atoms with E-state index in [0.29, 0.717) is 40.1 Å². The molecule has 0 spiro atoms. The van der Waals surface area contributed by atoms with Crippen molar-refractivity contribution in [2.75, 3.05) is 45.1 Å². The first-order valence-corrected chi connectivity index (χ1v) is 17.2. The maximum Gasteiger partial charge on any atom is 0.248 e. The Morgan fingerprint density at radius 3 is 2.41 bits per heavy atom. The van der Waals surface area contributed by atoms with Gasteiger partial charge in [0.15, 0.2) is 5.78 Å². The molecule has 12 nitrogen and oxygen atoms in total. The van der Waals surface area contributed by atoms with Crippen molar-refractivity contribution in [2.45, 2.75) is 52.7 Å². The minimum Gasteiger partial charge on any atom is -0.315 e. The van der Waals surface area contributed by atoms with Gasteiger partial charge in [0.2, 0.25) is 11.8 Å². The molecule has 1 N–H and O–H groups in total. The Morgan fingerprint density at radius 1 is 1.02 bits per heavy atom. The van der Waals surface area contributed by atoms with Crippen molar-refractivity contribution in [3.05, 3.63) is 63.9 Å². The molecule has 1 aromatic carbocycles. The summed E-state index contributed by atoms with van der Waals surface area (Å²) < 4.78 is 2.15. The molecule has 49 heavy (non-hydrogen) atoms. The molecule has 0 radical (unpaired) electrons. The number of benzene rings is 1. The van der Waals surface area contributed by atoms with Crippen LogP contribution in [-0.4, -0.2) is 109 Å². The van der Waals surface area contributed by atoms with E-state index in [0.717, 1.165) is 48.4 Å². The molecule has 0 unspecified atom stereocenters. The van der Waals surface area contributed by atoms with Crippen LogP contribution in [0.1, 0.15) is 40.8 Å². The van der Waals surface area contributed by atoms with Gasteiger partial charge in [0.1, 0.15) is 34.5 Å². The van der Waals surface area contributed by atoms with Crippen LogP contribution in [-0.2, 0) is 16.1 Å². The number of nitrogens with one attached hydrogen (secondary N) is 1. The fraction of sp³-hybridized carbons (Fsp3) is 0.417. The zero-order valence-electron chi connectivity index (χ0n) is 28.4. The molecule has 2 amide bonds. The number of fused-ring (bicyclic) bond motifs is 1. The van der Waals surface area contributed by atoms with E-state index in [-0.39, 0.29) is 35.8 Å². The largest absolute Gasteiger partial charge is 0.315 e. The lowest BCUT2D eigenvalue weighted by Gasteiger charge is -2.35. The third kappa shape index (κ3) is 7.13. The molecule has 2 saturated heterocycles. The number of hydrogen-bond donors (Lipinski definition) is 1. The van der Waals surface area contributed by atoms with E-state index in [1.165, 1.54) is 6.92 Å². The Hall–Kier alpha value is -4.51. The molecule has 0 aliphatic carbocycles. The smallest absolute Gasteiger partial charge is 0.248 e. The molecule has 6 rings (SSSR count). The predicted octanol–water partition coefficient (Wildman–Crippen LogP) is 3.88. The van der Waals surface area contributed by atoms with E-state index in [1.807, 2.05) is 39.0 Å².